The van der Waals surface area contributed by atoms with E-state index in [1.54, 1.807) is 0 Å². The highest BCUT2D eigenvalue weighted by Gasteiger charge is 2.10. The average molecular weight is 243 g/mol. The van der Waals surface area contributed by atoms with E-state index in [0.717, 1.165) is 17.9 Å². The summed E-state index contributed by atoms with van der Waals surface area (Å²) in [7, 11) is 1.98. The van der Waals surface area contributed by atoms with Crippen LogP contribution in [0, 0.1) is 12.8 Å². The SMILES string of the molecule is CNC/C(=C/c1c(C)oc2ccccc12)C(C)C. The van der Waals surface area contributed by atoms with Crippen LogP contribution in [-0.2, 0) is 0 Å². The lowest BCUT2D eigenvalue weighted by Crippen LogP contribution is -2.13. The summed E-state index contributed by atoms with van der Waals surface area (Å²) in [6.07, 6.45) is 2.27. The molecule has 2 heteroatoms. The Balaban J connectivity index is 2.52. The van der Waals surface area contributed by atoms with E-state index in [2.05, 4.69) is 37.4 Å². The zero-order chi connectivity index (χ0) is 13.1. The second-order valence-electron chi connectivity index (χ2n) is 4.97. The van der Waals surface area contributed by atoms with Gasteiger partial charge < -0.3 is 9.73 Å². The van der Waals surface area contributed by atoms with E-state index in [4.69, 9.17) is 4.42 Å². The molecule has 0 atom stereocenters. The molecular formula is C16H21NO. The molecule has 0 aliphatic heterocycles. The normalized spacial score (nSPS) is 12.6. The molecule has 2 nitrogen and oxygen atoms in total. The summed E-state index contributed by atoms with van der Waals surface area (Å²) in [6.45, 7) is 7.39. The molecule has 18 heavy (non-hydrogen) atoms. The van der Waals surface area contributed by atoms with Crippen LogP contribution in [0.4, 0.5) is 0 Å². The Hall–Kier alpha value is -1.54. The number of rotatable bonds is 4. The molecule has 2 aromatic rings. The van der Waals surface area contributed by atoms with Crippen LogP contribution in [0.25, 0.3) is 17.0 Å². The second kappa shape index (κ2) is 5.40. The Kier molecular flexibility index (Phi) is 3.87. The standard InChI is InChI=1S/C16H21NO/c1-11(2)13(10-17-4)9-15-12(3)18-16-8-6-5-7-14(15)16/h5-9,11,17H,10H2,1-4H3/b13-9-. The van der Waals surface area contributed by atoms with Crippen molar-refractivity contribution in [3.8, 4) is 0 Å². The maximum Gasteiger partial charge on any atom is 0.134 e. The first-order valence-electron chi connectivity index (χ1n) is 6.46. The van der Waals surface area contributed by atoms with Gasteiger partial charge in [-0.3, -0.25) is 0 Å². The molecule has 0 amide bonds. The van der Waals surface area contributed by atoms with Gasteiger partial charge in [-0.1, -0.05) is 43.7 Å². The summed E-state index contributed by atoms with van der Waals surface area (Å²) in [4.78, 5) is 0. The van der Waals surface area contributed by atoms with E-state index < -0.39 is 0 Å². The fourth-order valence-corrected chi connectivity index (χ4v) is 2.18. The maximum absolute atomic E-state index is 5.79. The topological polar surface area (TPSA) is 25.2 Å². The molecule has 96 valence electrons. The molecule has 2 rings (SSSR count). The van der Waals surface area contributed by atoms with Gasteiger partial charge in [0, 0.05) is 17.5 Å². The smallest absolute Gasteiger partial charge is 0.134 e. The van der Waals surface area contributed by atoms with E-state index in [1.807, 2.05) is 26.1 Å². The predicted octanol–water partition coefficient (Wildman–Crippen LogP) is 4.00. The molecule has 1 aromatic carbocycles. The molecule has 0 fully saturated rings. The zero-order valence-electron chi connectivity index (χ0n) is 11.6. The van der Waals surface area contributed by atoms with Crippen molar-refractivity contribution in [3.05, 3.63) is 41.2 Å². The number of benzene rings is 1. The van der Waals surface area contributed by atoms with Crippen LogP contribution in [0.15, 0.2) is 34.3 Å². The van der Waals surface area contributed by atoms with Gasteiger partial charge in [0.1, 0.15) is 11.3 Å². The van der Waals surface area contributed by atoms with Gasteiger partial charge in [0.15, 0.2) is 0 Å². The third kappa shape index (κ3) is 2.49. The molecule has 0 aliphatic rings. The summed E-state index contributed by atoms with van der Waals surface area (Å²) in [5.74, 6) is 1.52. The van der Waals surface area contributed by atoms with Gasteiger partial charge in [0.05, 0.1) is 0 Å². The highest BCUT2D eigenvalue weighted by Crippen LogP contribution is 2.28. The summed E-state index contributed by atoms with van der Waals surface area (Å²) in [6, 6.07) is 8.21. The van der Waals surface area contributed by atoms with E-state index in [9.17, 15) is 0 Å². The van der Waals surface area contributed by atoms with Crippen molar-refractivity contribution < 1.29 is 4.42 Å². The number of likely N-dealkylation sites (N-methyl/N-ethyl adjacent to an activating group) is 1. The first kappa shape index (κ1) is 12.9. The minimum absolute atomic E-state index is 0.533. The summed E-state index contributed by atoms with van der Waals surface area (Å²) in [5.41, 5.74) is 3.57. The van der Waals surface area contributed by atoms with Gasteiger partial charge in [-0.2, -0.15) is 0 Å². The van der Waals surface area contributed by atoms with Crippen molar-refractivity contribution in [2.45, 2.75) is 20.8 Å². The largest absolute Gasteiger partial charge is 0.461 e. The molecule has 0 saturated carbocycles. The number of hydrogen-bond donors (Lipinski definition) is 1. The minimum Gasteiger partial charge on any atom is -0.461 e. The van der Waals surface area contributed by atoms with Crippen LogP contribution >= 0.6 is 0 Å². The van der Waals surface area contributed by atoms with E-state index in [1.165, 1.54) is 16.5 Å². The third-order valence-corrected chi connectivity index (χ3v) is 3.27. The summed E-state index contributed by atoms with van der Waals surface area (Å²) < 4.78 is 5.79. The van der Waals surface area contributed by atoms with Crippen molar-refractivity contribution in [1.29, 1.82) is 0 Å². The highest BCUT2D eigenvalue weighted by molar-refractivity contribution is 5.88. The summed E-state index contributed by atoms with van der Waals surface area (Å²) in [5, 5.41) is 4.43. The van der Waals surface area contributed by atoms with Gasteiger partial charge in [0.2, 0.25) is 0 Å². The Bertz CT molecular complexity index is 563. The minimum atomic E-state index is 0.533. The van der Waals surface area contributed by atoms with Gasteiger partial charge in [-0.05, 0) is 26.0 Å². The molecule has 0 spiro atoms. The van der Waals surface area contributed by atoms with Crippen LogP contribution in [0.5, 0.6) is 0 Å². The van der Waals surface area contributed by atoms with Crippen molar-refractivity contribution in [2.24, 2.45) is 5.92 Å². The molecular weight excluding hydrogens is 222 g/mol. The second-order valence-corrected chi connectivity index (χ2v) is 4.97. The fraction of sp³-hybridized carbons (Fsp3) is 0.375. The predicted molar refractivity (Wildman–Crippen MR) is 77.7 cm³/mol. The molecule has 0 radical (unpaired) electrons. The van der Waals surface area contributed by atoms with Gasteiger partial charge >= 0.3 is 0 Å². The van der Waals surface area contributed by atoms with Crippen molar-refractivity contribution in [1.82, 2.24) is 5.32 Å². The molecule has 0 bridgehead atoms. The monoisotopic (exact) mass is 243 g/mol. The quantitative estimate of drug-likeness (QED) is 0.878. The number of fused-ring (bicyclic) bond motifs is 1. The van der Waals surface area contributed by atoms with Crippen LogP contribution in [-0.4, -0.2) is 13.6 Å². The molecule has 1 N–H and O–H groups in total. The Morgan fingerprint density at radius 3 is 2.72 bits per heavy atom. The van der Waals surface area contributed by atoms with E-state index >= 15 is 0 Å². The number of furan rings is 1. The molecule has 0 saturated heterocycles. The van der Waals surface area contributed by atoms with Gasteiger partial charge in [-0.15, -0.1) is 0 Å². The van der Waals surface area contributed by atoms with E-state index in [0.29, 0.717) is 5.92 Å². The zero-order valence-corrected chi connectivity index (χ0v) is 11.6. The molecule has 1 heterocycles. The average Bonchev–Trinajstić information content (AvgIpc) is 2.65. The van der Waals surface area contributed by atoms with Crippen molar-refractivity contribution >= 4 is 17.0 Å². The number of para-hydroxylation sites is 1. The Morgan fingerprint density at radius 2 is 2.06 bits per heavy atom. The highest BCUT2D eigenvalue weighted by atomic mass is 16.3. The maximum atomic E-state index is 5.79. The van der Waals surface area contributed by atoms with Gasteiger partial charge in [0.25, 0.3) is 0 Å². The first-order chi connectivity index (χ1) is 8.63. The third-order valence-electron chi connectivity index (χ3n) is 3.27. The van der Waals surface area contributed by atoms with Crippen LogP contribution in [0.1, 0.15) is 25.2 Å². The van der Waals surface area contributed by atoms with Crippen LogP contribution < -0.4 is 5.32 Å². The fourth-order valence-electron chi connectivity index (χ4n) is 2.18. The lowest BCUT2D eigenvalue weighted by Gasteiger charge is -2.10. The lowest BCUT2D eigenvalue weighted by atomic mass is 9.99. The van der Waals surface area contributed by atoms with E-state index in [-0.39, 0.29) is 0 Å². The van der Waals surface area contributed by atoms with Crippen LogP contribution in [0.2, 0.25) is 0 Å². The lowest BCUT2D eigenvalue weighted by molar-refractivity contribution is 0.577. The molecule has 1 aromatic heterocycles. The number of aryl methyl sites for hydroxylation is 1. The summed E-state index contributed by atoms with van der Waals surface area (Å²) >= 11 is 0. The number of nitrogens with one attached hydrogen (secondary N) is 1. The first-order valence-corrected chi connectivity index (χ1v) is 6.46. The van der Waals surface area contributed by atoms with Gasteiger partial charge in [-0.25, -0.2) is 0 Å². The van der Waals surface area contributed by atoms with Crippen molar-refractivity contribution in [2.75, 3.05) is 13.6 Å². The Labute approximate surface area is 109 Å². The molecule has 0 unspecified atom stereocenters. The number of hydrogen-bond acceptors (Lipinski definition) is 2. The Morgan fingerprint density at radius 1 is 1.33 bits per heavy atom. The molecule has 0 aliphatic carbocycles. The van der Waals surface area contributed by atoms with Crippen LogP contribution in [0.3, 0.4) is 0 Å². The van der Waals surface area contributed by atoms with Crippen molar-refractivity contribution in [3.63, 3.8) is 0 Å².